The molecule has 0 aliphatic carbocycles. The zero-order chi connectivity index (χ0) is 43.3. The zero-order valence-corrected chi connectivity index (χ0v) is 35.9. The highest BCUT2D eigenvalue weighted by atomic mass is 127. The Hall–Kier alpha value is -6.02. The lowest BCUT2D eigenvalue weighted by Crippen LogP contribution is -2.07. The predicted octanol–water partition coefficient (Wildman–Crippen LogP) is 10.1. The van der Waals surface area contributed by atoms with Gasteiger partial charge in [0.25, 0.3) is 0 Å². The van der Waals surface area contributed by atoms with Gasteiger partial charge in [0, 0.05) is 14.7 Å². The van der Waals surface area contributed by atoms with E-state index in [2.05, 4.69) is 22.6 Å². The van der Waals surface area contributed by atoms with Crippen LogP contribution in [0.4, 0.5) is 0 Å². The lowest BCUT2D eigenvalue weighted by atomic mass is 9.99. The summed E-state index contributed by atoms with van der Waals surface area (Å²) < 4.78 is 12.6. The van der Waals surface area contributed by atoms with Gasteiger partial charge in [-0.2, -0.15) is 0 Å². The second-order valence-corrected chi connectivity index (χ2v) is 15.2. The third-order valence-electron chi connectivity index (χ3n) is 10.4. The number of aliphatic carboxylic acids is 2. The third kappa shape index (κ3) is 9.74. The van der Waals surface area contributed by atoms with Crippen molar-refractivity contribution in [3.05, 3.63) is 147 Å². The average Bonchev–Trinajstić information content (AvgIpc) is 3.16. The molecular weight excluding hydrogens is 855 g/mol. The maximum absolute atomic E-state index is 12.7. The number of rotatable bonds is 8. The van der Waals surface area contributed by atoms with Gasteiger partial charge in [0.15, 0.2) is 0 Å². The highest BCUT2D eigenvalue weighted by Gasteiger charge is 2.20. The summed E-state index contributed by atoms with van der Waals surface area (Å²) in [5.74, 6) is -3.26. The Labute approximate surface area is 349 Å². The molecule has 0 atom stereocenters. The first kappa shape index (κ1) is 44.7. The summed E-state index contributed by atoms with van der Waals surface area (Å²) in [7, 11) is 0. The Morgan fingerprint density at radius 1 is 0.569 bits per heavy atom. The standard InChI is InChI=1S/C18H18O5.C18H16O4.C10H11IO2/c1-10-8-14(18(21)22)17(12(3)11(10)2)23-15-7-5-4-6-13(15)9-16(19)20;1-9-7-14-16(21)13-6-4-5-12(8-15(19)20)18(13)22-17(14)11(3)10(9)2;1-5-4-8(10(12)13)9(11)7(3)6(5)2/h4-8H,9H2,1-3H3,(H,19,20)(H,21,22);4-7H,8H2,1-3H3,(H,19,20);4H,1-3H3,(H,12,13). The number of fused-ring (bicyclic) bond motifs is 2. The summed E-state index contributed by atoms with van der Waals surface area (Å²) in [6.45, 7) is 17.3. The molecule has 6 aromatic rings. The molecule has 1 heterocycles. The first-order valence-corrected chi connectivity index (χ1v) is 19.2. The van der Waals surface area contributed by atoms with Crippen molar-refractivity contribution in [3.8, 4) is 11.5 Å². The van der Waals surface area contributed by atoms with E-state index in [1.807, 2.05) is 61.5 Å². The summed E-state index contributed by atoms with van der Waals surface area (Å²) in [5, 5.41) is 37.3. The maximum Gasteiger partial charge on any atom is 0.339 e. The average molecular weight is 901 g/mol. The fourth-order valence-electron chi connectivity index (χ4n) is 6.37. The number of ether oxygens (including phenoxy) is 1. The Kier molecular flexibility index (Phi) is 14.3. The van der Waals surface area contributed by atoms with Crippen LogP contribution in [0.3, 0.4) is 0 Å². The van der Waals surface area contributed by atoms with Crippen molar-refractivity contribution >= 4 is 68.4 Å². The number of benzene rings is 5. The lowest BCUT2D eigenvalue weighted by Gasteiger charge is -2.17. The number of para-hydroxylation sites is 2. The maximum atomic E-state index is 12.7. The molecule has 0 unspecified atom stereocenters. The minimum atomic E-state index is -1.08. The SMILES string of the molecule is Cc1cc(C(=O)O)c(I)c(C)c1C.Cc1cc(C(=O)O)c(Oc2ccccc2CC(=O)O)c(C)c1C.Cc1cc2c(=O)c3cccc(CC(=O)O)c3oc2c(C)c1C. The largest absolute Gasteiger partial charge is 0.481 e. The van der Waals surface area contributed by atoms with E-state index in [1.54, 1.807) is 61.5 Å². The minimum absolute atomic E-state index is 0.0655. The smallest absolute Gasteiger partial charge is 0.339 e. The summed E-state index contributed by atoms with van der Waals surface area (Å²) >= 11 is 2.08. The fraction of sp³-hybridized carbons (Fsp3) is 0.239. The van der Waals surface area contributed by atoms with Crippen LogP contribution in [-0.2, 0) is 22.4 Å². The number of halogens is 1. The number of aromatic carboxylic acids is 2. The van der Waals surface area contributed by atoms with Gasteiger partial charge in [-0.25, -0.2) is 9.59 Å². The van der Waals surface area contributed by atoms with E-state index in [9.17, 15) is 29.1 Å². The minimum Gasteiger partial charge on any atom is -0.481 e. The summed E-state index contributed by atoms with van der Waals surface area (Å²) in [6, 6.07) is 16.9. The fourth-order valence-corrected chi connectivity index (χ4v) is 7.16. The normalized spacial score (nSPS) is 10.7. The molecule has 0 radical (unpaired) electrons. The predicted molar refractivity (Wildman–Crippen MR) is 231 cm³/mol. The zero-order valence-electron chi connectivity index (χ0n) is 33.7. The molecule has 11 nitrogen and oxygen atoms in total. The van der Waals surface area contributed by atoms with Crippen LogP contribution in [0.5, 0.6) is 11.5 Å². The van der Waals surface area contributed by atoms with E-state index >= 15 is 0 Å². The second kappa shape index (κ2) is 18.5. The van der Waals surface area contributed by atoms with Crippen LogP contribution in [0.25, 0.3) is 21.9 Å². The molecule has 0 saturated heterocycles. The van der Waals surface area contributed by atoms with Crippen molar-refractivity contribution in [2.45, 2.75) is 75.2 Å². The molecule has 0 amide bonds. The highest BCUT2D eigenvalue weighted by Crippen LogP contribution is 2.35. The van der Waals surface area contributed by atoms with Gasteiger partial charge in [0.2, 0.25) is 5.43 Å². The van der Waals surface area contributed by atoms with Crippen molar-refractivity contribution < 1.29 is 48.8 Å². The van der Waals surface area contributed by atoms with Crippen LogP contribution in [0.1, 0.15) is 81.9 Å². The van der Waals surface area contributed by atoms with Gasteiger partial charge in [0.1, 0.15) is 28.2 Å². The van der Waals surface area contributed by atoms with E-state index in [-0.39, 0.29) is 29.6 Å². The molecule has 12 heteroatoms. The number of aryl methyl sites for hydroxylation is 4. The molecule has 4 N–H and O–H groups in total. The quantitative estimate of drug-likeness (QED) is 0.0841. The van der Waals surface area contributed by atoms with Crippen LogP contribution in [0.2, 0.25) is 0 Å². The van der Waals surface area contributed by atoms with Crippen molar-refractivity contribution in [1.82, 2.24) is 0 Å². The molecule has 0 aliphatic rings. The first-order chi connectivity index (χ1) is 27.2. The van der Waals surface area contributed by atoms with Crippen molar-refractivity contribution in [2.24, 2.45) is 0 Å². The van der Waals surface area contributed by atoms with Crippen LogP contribution in [0, 0.1) is 65.9 Å². The van der Waals surface area contributed by atoms with Gasteiger partial charge < -0.3 is 29.6 Å². The molecule has 302 valence electrons. The van der Waals surface area contributed by atoms with Gasteiger partial charge in [-0.1, -0.05) is 30.3 Å². The lowest BCUT2D eigenvalue weighted by molar-refractivity contribution is -0.137. The highest BCUT2D eigenvalue weighted by molar-refractivity contribution is 14.1. The van der Waals surface area contributed by atoms with Gasteiger partial charge in [-0.15, -0.1) is 0 Å². The van der Waals surface area contributed by atoms with Crippen LogP contribution in [0.15, 0.2) is 69.9 Å². The topological polar surface area (TPSA) is 189 Å². The summed E-state index contributed by atoms with van der Waals surface area (Å²) in [4.78, 5) is 57.1. The molecule has 5 aromatic carbocycles. The summed E-state index contributed by atoms with van der Waals surface area (Å²) in [6.07, 6.45) is -0.363. The second-order valence-electron chi connectivity index (χ2n) is 14.1. The van der Waals surface area contributed by atoms with E-state index in [0.29, 0.717) is 44.4 Å². The Morgan fingerprint density at radius 3 is 1.66 bits per heavy atom. The summed E-state index contributed by atoms with van der Waals surface area (Å²) in [5.41, 5.74) is 11.1. The molecule has 0 fully saturated rings. The Bertz CT molecular complexity index is 2690. The Morgan fingerprint density at radius 2 is 1.07 bits per heavy atom. The monoisotopic (exact) mass is 900 g/mol. The van der Waals surface area contributed by atoms with Crippen molar-refractivity contribution in [3.63, 3.8) is 0 Å². The van der Waals surface area contributed by atoms with E-state index in [0.717, 1.165) is 48.1 Å². The molecule has 1 aromatic heterocycles. The van der Waals surface area contributed by atoms with E-state index in [4.69, 9.17) is 24.5 Å². The van der Waals surface area contributed by atoms with Gasteiger partial charge >= 0.3 is 23.9 Å². The van der Waals surface area contributed by atoms with E-state index < -0.39 is 23.9 Å². The van der Waals surface area contributed by atoms with Crippen molar-refractivity contribution in [2.75, 3.05) is 0 Å². The number of carbonyl (C=O) groups is 4. The van der Waals surface area contributed by atoms with E-state index in [1.165, 1.54) is 5.56 Å². The third-order valence-corrected chi connectivity index (χ3v) is 11.8. The number of carboxylic acids is 4. The van der Waals surface area contributed by atoms with Crippen molar-refractivity contribution in [1.29, 1.82) is 0 Å². The number of carboxylic acid groups (broad SMARTS) is 4. The van der Waals surface area contributed by atoms with Gasteiger partial charge in [0.05, 0.1) is 29.2 Å². The molecule has 0 aliphatic heterocycles. The molecule has 58 heavy (non-hydrogen) atoms. The molecule has 0 saturated carbocycles. The van der Waals surface area contributed by atoms with Gasteiger partial charge in [-0.3, -0.25) is 14.4 Å². The molecule has 0 spiro atoms. The van der Waals surface area contributed by atoms with Crippen LogP contribution < -0.4 is 10.2 Å². The van der Waals surface area contributed by atoms with Crippen LogP contribution >= 0.6 is 22.6 Å². The Balaban J connectivity index is 0.000000200. The molecular formula is C46H45IO11. The van der Waals surface area contributed by atoms with Gasteiger partial charge in [-0.05, 0) is 165 Å². The van der Waals surface area contributed by atoms with Crippen LogP contribution in [-0.4, -0.2) is 44.3 Å². The molecule has 6 rings (SSSR count). The molecule has 0 bridgehead atoms. The number of hydrogen-bond donors (Lipinski definition) is 4. The first-order valence-electron chi connectivity index (χ1n) is 18.1. The number of hydrogen-bond acceptors (Lipinski definition) is 7.